The Labute approximate surface area is 101 Å². The van der Waals surface area contributed by atoms with Crippen molar-refractivity contribution in [3.8, 4) is 0 Å². The van der Waals surface area contributed by atoms with Crippen molar-refractivity contribution in [2.45, 2.75) is 12.8 Å². The molecule has 1 saturated carbocycles. The van der Waals surface area contributed by atoms with Crippen LogP contribution in [-0.4, -0.2) is 54.3 Å². The van der Waals surface area contributed by atoms with Gasteiger partial charge in [0, 0.05) is 20.2 Å². The highest BCUT2D eigenvalue weighted by molar-refractivity contribution is 7.80. The van der Waals surface area contributed by atoms with Crippen molar-refractivity contribution < 1.29 is 14.6 Å². The van der Waals surface area contributed by atoms with Crippen LogP contribution in [0.15, 0.2) is 0 Å². The SMILES string of the molecule is COCCN(CCO)C(=O)C1(C(N)=S)CC1. The van der Waals surface area contributed by atoms with E-state index in [0.717, 1.165) is 12.8 Å². The summed E-state index contributed by atoms with van der Waals surface area (Å²) < 4.78 is 4.92. The van der Waals surface area contributed by atoms with E-state index in [9.17, 15) is 4.79 Å². The van der Waals surface area contributed by atoms with Gasteiger partial charge in [-0.2, -0.15) is 0 Å². The topological polar surface area (TPSA) is 75.8 Å². The third-order valence-corrected chi connectivity index (χ3v) is 3.24. The highest BCUT2D eigenvalue weighted by Crippen LogP contribution is 2.47. The molecule has 0 aromatic heterocycles. The molecule has 0 aromatic rings. The average molecular weight is 246 g/mol. The summed E-state index contributed by atoms with van der Waals surface area (Å²) in [7, 11) is 1.57. The standard InChI is InChI=1S/C10H18N2O3S/c1-15-7-5-12(4-6-13)9(14)10(2-3-10)8(11)16/h13H,2-7H2,1H3,(H2,11,16). The molecule has 0 unspecified atom stereocenters. The van der Waals surface area contributed by atoms with Crippen molar-refractivity contribution in [3.63, 3.8) is 0 Å². The van der Waals surface area contributed by atoms with Gasteiger partial charge >= 0.3 is 0 Å². The average Bonchev–Trinajstić information content (AvgIpc) is 3.04. The molecule has 0 spiro atoms. The van der Waals surface area contributed by atoms with E-state index < -0.39 is 5.41 Å². The van der Waals surface area contributed by atoms with Crippen LogP contribution in [0, 0.1) is 5.41 Å². The second kappa shape index (κ2) is 5.56. The van der Waals surface area contributed by atoms with Crippen LogP contribution in [0.5, 0.6) is 0 Å². The van der Waals surface area contributed by atoms with Crippen LogP contribution in [0.4, 0.5) is 0 Å². The van der Waals surface area contributed by atoms with Gasteiger partial charge in [0.1, 0.15) is 0 Å². The second-order valence-corrected chi connectivity index (χ2v) is 4.39. The fraction of sp³-hybridized carbons (Fsp3) is 0.800. The summed E-state index contributed by atoms with van der Waals surface area (Å²) in [6, 6.07) is 0. The molecule has 1 fully saturated rings. The third kappa shape index (κ3) is 2.69. The molecule has 0 bridgehead atoms. The maximum atomic E-state index is 12.2. The number of carbonyl (C=O) groups is 1. The molecule has 6 heteroatoms. The molecule has 0 heterocycles. The van der Waals surface area contributed by atoms with Crippen LogP contribution in [0.25, 0.3) is 0 Å². The van der Waals surface area contributed by atoms with E-state index in [2.05, 4.69) is 0 Å². The van der Waals surface area contributed by atoms with E-state index in [1.807, 2.05) is 0 Å². The first kappa shape index (κ1) is 13.3. The van der Waals surface area contributed by atoms with E-state index in [-0.39, 0.29) is 17.5 Å². The Kier molecular flexibility index (Phi) is 4.64. The summed E-state index contributed by atoms with van der Waals surface area (Å²) in [5.41, 5.74) is 4.95. The van der Waals surface area contributed by atoms with Gasteiger partial charge in [-0.15, -0.1) is 0 Å². The number of aliphatic hydroxyl groups excluding tert-OH is 1. The highest BCUT2D eigenvalue weighted by atomic mass is 32.1. The molecule has 1 rings (SSSR count). The van der Waals surface area contributed by atoms with Crippen molar-refractivity contribution >= 4 is 23.1 Å². The Morgan fingerprint density at radius 3 is 2.56 bits per heavy atom. The third-order valence-electron chi connectivity index (χ3n) is 2.85. The number of carbonyl (C=O) groups excluding carboxylic acids is 1. The quantitative estimate of drug-likeness (QED) is 0.593. The molecular weight excluding hydrogens is 228 g/mol. The van der Waals surface area contributed by atoms with Gasteiger partial charge in [-0.25, -0.2) is 0 Å². The number of hydrogen-bond donors (Lipinski definition) is 2. The first-order chi connectivity index (χ1) is 7.58. The van der Waals surface area contributed by atoms with Crippen molar-refractivity contribution in [1.29, 1.82) is 0 Å². The number of thiocarbonyl (C=S) groups is 1. The summed E-state index contributed by atoms with van der Waals surface area (Å²) >= 11 is 4.92. The molecule has 0 radical (unpaired) electrons. The molecule has 3 N–H and O–H groups in total. The highest BCUT2D eigenvalue weighted by Gasteiger charge is 2.54. The molecule has 0 aromatic carbocycles. The first-order valence-corrected chi connectivity index (χ1v) is 5.68. The van der Waals surface area contributed by atoms with E-state index in [4.69, 9.17) is 27.8 Å². The molecule has 0 aliphatic heterocycles. The van der Waals surface area contributed by atoms with Gasteiger partial charge in [-0.1, -0.05) is 12.2 Å². The van der Waals surface area contributed by atoms with Crippen molar-refractivity contribution in [2.75, 3.05) is 33.4 Å². The van der Waals surface area contributed by atoms with Gasteiger partial charge in [-0.3, -0.25) is 4.79 Å². The van der Waals surface area contributed by atoms with Gasteiger partial charge < -0.3 is 20.5 Å². The van der Waals surface area contributed by atoms with Gasteiger partial charge in [0.15, 0.2) is 0 Å². The monoisotopic (exact) mass is 246 g/mol. The lowest BCUT2D eigenvalue weighted by molar-refractivity contribution is -0.135. The van der Waals surface area contributed by atoms with E-state index in [1.54, 1.807) is 12.0 Å². The minimum atomic E-state index is -0.641. The van der Waals surface area contributed by atoms with Crippen molar-refractivity contribution in [3.05, 3.63) is 0 Å². The maximum Gasteiger partial charge on any atom is 0.235 e. The first-order valence-electron chi connectivity index (χ1n) is 5.27. The predicted octanol–water partition coefficient (Wildman–Crippen LogP) is -0.480. The number of nitrogens with zero attached hydrogens (tertiary/aromatic N) is 1. The number of ether oxygens (including phenoxy) is 1. The fourth-order valence-electron chi connectivity index (χ4n) is 1.63. The lowest BCUT2D eigenvalue weighted by atomic mass is 10.1. The smallest absolute Gasteiger partial charge is 0.235 e. The van der Waals surface area contributed by atoms with E-state index in [1.165, 1.54) is 0 Å². The summed E-state index contributed by atoms with van der Waals surface area (Å²) in [4.78, 5) is 14.0. The fourth-order valence-corrected chi connectivity index (χ4v) is 1.92. The van der Waals surface area contributed by atoms with E-state index >= 15 is 0 Å². The second-order valence-electron chi connectivity index (χ2n) is 3.95. The molecule has 1 aliphatic rings. The van der Waals surface area contributed by atoms with Crippen LogP contribution < -0.4 is 5.73 Å². The minimum absolute atomic E-state index is 0.0666. The predicted molar refractivity (Wildman–Crippen MR) is 64.0 cm³/mol. The molecule has 92 valence electrons. The molecule has 0 saturated heterocycles. The number of methoxy groups -OCH3 is 1. The Bertz CT molecular complexity index is 279. The lowest BCUT2D eigenvalue weighted by Gasteiger charge is -2.26. The van der Waals surface area contributed by atoms with E-state index in [0.29, 0.717) is 19.7 Å². The summed E-state index contributed by atoms with van der Waals surface area (Å²) in [5, 5.41) is 8.91. The van der Waals surface area contributed by atoms with Gasteiger partial charge in [0.05, 0.1) is 23.6 Å². The van der Waals surface area contributed by atoms with Crippen LogP contribution >= 0.6 is 12.2 Å². The molecule has 0 atom stereocenters. The minimum Gasteiger partial charge on any atom is -0.395 e. The number of nitrogens with two attached hydrogens (primary N) is 1. The van der Waals surface area contributed by atoms with Crippen molar-refractivity contribution in [2.24, 2.45) is 11.1 Å². The summed E-state index contributed by atoms with van der Waals surface area (Å²) in [5.74, 6) is -0.0777. The van der Waals surface area contributed by atoms with Crippen LogP contribution in [0.2, 0.25) is 0 Å². The summed E-state index contributed by atoms with van der Waals surface area (Å²) in [6.45, 7) is 1.13. The van der Waals surface area contributed by atoms with Crippen LogP contribution in [0.1, 0.15) is 12.8 Å². The van der Waals surface area contributed by atoms with Crippen LogP contribution in [-0.2, 0) is 9.53 Å². The van der Waals surface area contributed by atoms with Crippen LogP contribution in [0.3, 0.4) is 0 Å². The van der Waals surface area contributed by atoms with Gasteiger partial charge in [0.25, 0.3) is 0 Å². The number of aliphatic hydroxyl groups is 1. The molecule has 1 amide bonds. The molecule has 1 aliphatic carbocycles. The Morgan fingerprint density at radius 2 is 2.19 bits per heavy atom. The Hall–Kier alpha value is -0.720. The zero-order valence-corrected chi connectivity index (χ0v) is 10.3. The molecule has 16 heavy (non-hydrogen) atoms. The molecule has 5 nitrogen and oxygen atoms in total. The largest absolute Gasteiger partial charge is 0.395 e. The van der Waals surface area contributed by atoms with Crippen molar-refractivity contribution in [1.82, 2.24) is 4.90 Å². The number of hydrogen-bond acceptors (Lipinski definition) is 4. The maximum absolute atomic E-state index is 12.2. The number of rotatable bonds is 7. The normalized spacial score (nSPS) is 16.9. The zero-order valence-electron chi connectivity index (χ0n) is 9.44. The Morgan fingerprint density at radius 1 is 1.56 bits per heavy atom. The lowest BCUT2D eigenvalue weighted by Crippen LogP contribution is -2.45. The Balaban J connectivity index is 2.63. The number of amides is 1. The van der Waals surface area contributed by atoms with Gasteiger partial charge in [-0.05, 0) is 12.8 Å². The summed E-state index contributed by atoms with van der Waals surface area (Å²) in [6.07, 6.45) is 1.44. The van der Waals surface area contributed by atoms with Gasteiger partial charge in [0.2, 0.25) is 5.91 Å². The zero-order chi connectivity index (χ0) is 12.2. The molecular formula is C10H18N2O3S.